The first-order valence-corrected chi connectivity index (χ1v) is 14.1. The Bertz CT molecular complexity index is 638. The largest absolute Gasteiger partial charge is 0.543 e. The van der Waals surface area contributed by atoms with E-state index in [4.69, 9.17) is 4.43 Å². The summed E-state index contributed by atoms with van der Waals surface area (Å²) in [5, 5.41) is 0.243. The lowest BCUT2D eigenvalue weighted by atomic mass is 9.48. The summed E-state index contributed by atoms with van der Waals surface area (Å²) in [5.41, 5.74) is 1.97. The molecule has 138 valence electrons. The van der Waals surface area contributed by atoms with E-state index in [9.17, 15) is 0 Å². The van der Waals surface area contributed by atoms with Crippen molar-refractivity contribution < 1.29 is 4.43 Å². The van der Waals surface area contributed by atoms with E-state index in [1.807, 2.05) is 0 Å². The van der Waals surface area contributed by atoms with E-state index in [0.29, 0.717) is 5.41 Å². The summed E-state index contributed by atoms with van der Waals surface area (Å²) in [6, 6.07) is 7.07. The Morgan fingerprint density at radius 2 is 1.52 bits per heavy atom. The number of rotatable bonds is 3. The van der Waals surface area contributed by atoms with Crippen molar-refractivity contribution in [2.75, 3.05) is 0 Å². The van der Waals surface area contributed by atoms with Gasteiger partial charge in [0.25, 0.3) is 0 Å². The molecule has 4 bridgehead atoms. The second kappa shape index (κ2) is 5.98. The molecule has 3 heteroatoms. The lowest BCUT2D eigenvalue weighted by Crippen LogP contribution is -2.49. The molecule has 0 unspecified atom stereocenters. The van der Waals surface area contributed by atoms with E-state index in [2.05, 4.69) is 74.7 Å². The van der Waals surface area contributed by atoms with Gasteiger partial charge in [-0.2, -0.15) is 0 Å². The van der Waals surface area contributed by atoms with Gasteiger partial charge in [-0.15, -0.1) is 0 Å². The molecule has 25 heavy (non-hydrogen) atoms. The Morgan fingerprint density at radius 3 is 2.00 bits per heavy atom. The SMILES string of the molecule is CC(C)(C)[Si](C)(C)Oc1cc(I)ccc1C12CC3CC(CC(C3)C1)C2. The molecule has 5 rings (SSSR count). The van der Waals surface area contributed by atoms with Crippen molar-refractivity contribution in [2.24, 2.45) is 17.8 Å². The molecule has 4 aliphatic rings. The van der Waals surface area contributed by atoms with Crippen LogP contribution < -0.4 is 4.43 Å². The maximum absolute atomic E-state index is 6.90. The highest BCUT2D eigenvalue weighted by atomic mass is 127. The summed E-state index contributed by atoms with van der Waals surface area (Å²) in [4.78, 5) is 0. The van der Waals surface area contributed by atoms with Crippen LogP contribution in [-0.2, 0) is 5.41 Å². The van der Waals surface area contributed by atoms with Gasteiger partial charge < -0.3 is 4.43 Å². The van der Waals surface area contributed by atoms with E-state index in [1.165, 1.54) is 47.8 Å². The van der Waals surface area contributed by atoms with Gasteiger partial charge in [-0.25, -0.2) is 0 Å². The molecule has 0 amide bonds. The fourth-order valence-corrected chi connectivity index (χ4v) is 7.37. The van der Waals surface area contributed by atoms with E-state index in [0.717, 1.165) is 17.8 Å². The van der Waals surface area contributed by atoms with Crippen LogP contribution in [-0.4, -0.2) is 8.32 Å². The standard InChI is InChI=1S/C22H33IOSi/c1-21(2,3)25(4,5)24-20-11-18(23)6-7-19(20)22-12-15-8-16(13-22)10-17(9-15)14-22/h6-7,11,15-17H,8-10,12-14H2,1-5H3. The third-order valence-corrected chi connectivity index (χ3v) is 12.7. The van der Waals surface area contributed by atoms with Crippen LogP contribution in [0, 0.1) is 21.3 Å². The fourth-order valence-electron chi connectivity index (χ4n) is 5.89. The highest BCUT2D eigenvalue weighted by Crippen LogP contribution is 2.62. The molecule has 1 aromatic rings. The number of hydrogen-bond donors (Lipinski definition) is 0. The van der Waals surface area contributed by atoms with Crippen molar-refractivity contribution in [1.29, 1.82) is 0 Å². The third-order valence-electron chi connectivity index (χ3n) is 7.72. The van der Waals surface area contributed by atoms with Gasteiger partial charge in [-0.3, -0.25) is 0 Å². The molecule has 0 atom stereocenters. The van der Waals surface area contributed by atoms with Crippen molar-refractivity contribution >= 4 is 30.9 Å². The molecule has 0 spiro atoms. The molecule has 0 heterocycles. The summed E-state index contributed by atoms with van der Waals surface area (Å²) in [7, 11) is -1.82. The number of benzene rings is 1. The molecule has 0 aromatic heterocycles. The molecule has 4 fully saturated rings. The first-order chi connectivity index (χ1) is 11.6. The van der Waals surface area contributed by atoms with Crippen LogP contribution in [0.25, 0.3) is 0 Å². The van der Waals surface area contributed by atoms with Gasteiger partial charge in [0.1, 0.15) is 5.75 Å². The molecule has 0 radical (unpaired) electrons. The molecule has 1 nitrogen and oxygen atoms in total. The van der Waals surface area contributed by atoms with Crippen LogP contribution in [0.2, 0.25) is 18.1 Å². The molecule has 4 saturated carbocycles. The Hall–Kier alpha value is -0.0331. The Kier molecular flexibility index (Phi) is 4.39. The van der Waals surface area contributed by atoms with E-state index in [-0.39, 0.29) is 5.04 Å². The molecule has 4 aliphatic carbocycles. The minimum absolute atomic E-state index is 0.243. The minimum Gasteiger partial charge on any atom is -0.543 e. The van der Waals surface area contributed by atoms with Gasteiger partial charge >= 0.3 is 0 Å². The normalized spacial score (nSPS) is 34.4. The molecular formula is C22H33IOSi. The van der Waals surface area contributed by atoms with E-state index < -0.39 is 8.32 Å². The lowest BCUT2D eigenvalue weighted by Gasteiger charge is -2.57. The van der Waals surface area contributed by atoms with Crippen LogP contribution in [0.5, 0.6) is 5.75 Å². The van der Waals surface area contributed by atoms with Crippen LogP contribution in [0.3, 0.4) is 0 Å². The average molecular weight is 468 g/mol. The second-order valence-corrected chi connectivity index (χ2v) is 16.7. The Morgan fingerprint density at radius 1 is 1.00 bits per heavy atom. The average Bonchev–Trinajstić information content (AvgIpc) is 2.43. The van der Waals surface area contributed by atoms with Crippen LogP contribution >= 0.6 is 22.6 Å². The van der Waals surface area contributed by atoms with Gasteiger partial charge in [0, 0.05) is 3.57 Å². The van der Waals surface area contributed by atoms with Crippen molar-refractivity contribution in [3.05, 3.63) is 27.3 Å². The number of hydrogen-bond acceptors (Lipinski definition) is 1. The minimum atomic E-state index is -1.82. The summed E-state index contributed by atoms with van der Waals surface area (Å²) in [5.74, 6) is 4.16. The monoisotopic (exact) mass is 468 g/mol. The smallest absolute Gasteiger partial charge is 0.250 e. The lowest BCUT2D eigenvalue weighted by molar-refractivity contribution is -0.00587. The van der Waals surface area contributed by atoms with Crippen LogP contribution in [0.15, 0.2) is 18.2 Å². The fraction of sp³-hybridized carbons (Fsp3) is 0.727. The van der Waals surface area contributed by atoms with Crippen molar-refractivity contribution in [1.82, 2.24) is 0 Å². The van der Waals surface area contributed by atoms with Gasteiger partial charge in [-0.05, 0) is 120 Å². The van der Waals surface area contributed by atoms with Crippen molar-refractivity contribution in [3.8, 4) is 5.75 Å². The Balaban J connectivity index is 1.74. The maximum Gasteiger partial charge on any atom is 0.250 e. The predicted molar refractivity (Wildman–Crippen MR) is 117 cm³/mol. The summed E-state index contributed by atoms with van der Waals surface area (Å²) >= 11 is 2.45. The molecule has 0 saturated heterocycles. The maximum atomic E-state index is 6.90. The molecule has 1 aromatic carbocycles. The molecular weight excluding hydrogens is 435 g/mol. The first kappa shape index (κ1) is 18.3. The third kappa shape index (κ3) is 3.22. The zero-order valence-electron chi connectivity index (χ0n) is 16.5. The zero-order chi connectivity index (χ0) is 18.0. The van der Waals surface area contributed by atoms with Gasteiger partial charge in [0.15, 0.2) is 0 Å². The predicted octanol–water partition coefficient (Wildman–Crippen LogP) is 7.14. The van der Waals surface area contributed by atoms with Crippen molar-refractivity contribution in [2.45, 2.75) is 82.8 Å². The molecule has 0 aliphatic heterocycles. The van der Waals surface area contributed by atoms with Gasteiger partial charge in [0.05, 0.1) is 0 Å². The highest BCUT2D eigenvalue weighted by molar-refractivity contribution is 14.1. The van der Waals surface area contributed by atoms with Gasteiger partial charge in [0.2, 0.25) is 8.32 Å². The van der Waals surface area contributed by atoms with Gasteiger partial charge in [-0.1, -0.05) is 26.8 Å². The zero-order valence-corrected chi connectivity index (χ0v) is 19.7. The quantitative estimate of drug-likeness (QED) is 0.338. The summed E-state index contributed by atoms with van der Waals surface area (Å²) in [6.45, 7) is 11.8. The summed E-state index contributed by atoms with van der Waals surface area (Å²) < 4.78 is 8.21. The van der Waals surface area contributed by atoms with Crippen LogP contribution in [0.4, 0.5) is 0 Å². The second-order valence-electron chi connectivity index (χ2n) is 10.7. The first-order valence-electron chi connectivity index (χ1n) is 10.1. The van der Waals surface area contributed by atoms with E-state index in [1.54, 1.807) is 5.56 Å². The molecule has 0 N–H and O–H groups in total. The topological polar surface area (TPSA) is 9.23 Å². The number of halogens is 1. The van der Waals surface area contributed by atoms with Crippen molar-refractivity contribution in [3.63, 3.8) is 0 Å². The van der Waals surface area contributed by atoms with E-state index >= 15 is 0 Å². The summed E-state index contributed by atoms with van der Waals surface area (Å²) in [6.07, 6.45) is 8.74. The Labute approximate surface area is 168 Å². The highest BCUT2D eigenvalue weighted by Gasteiger charge is 2.53. The van der Waals surface area contributed by atoms with Crippen LogP contribution in [0.1, 0.15) is 64.9 Å².